The zero-order valence-electron chi connectivity index (χ0n) is 16.4. The van der Waals surface area contributed by atoms with Crippen LogP contribution in [0, 0.1) is 0 Å². The summed E-state index contributed by atoms with van der Waals surface area (Å²) in [6, 6.07) is 6.52. The molecule has 28 heavy (non-hydrogen) atoms. The average Bonchev–Trinajstić information content (AvgIpc) is 2.68. The van der Waals surface area contributed by atoms with E-state index in [1.165, 1.54) is 13.0 Å². The van der Waals surface area contributed by atoms with Gasteiger partial charge in [-0.25, -0.2) is 4.79 Å². The average molecular weight is 387 g/mol. The van der Waals surface area contributed by atoms with E-state index in [0.29, 0.717) is 49.6 Å². The fraction of sp³-hybridized carbons (Fsp3) is 0.400. The Balaban J connectivity index is 1.89. The van der Waals surface area contributed by atoms with Crippen molar-refractivity contribution < 1.29 is 23.9 Å². The highest BCUT2D eigenvalue weighted by Crippen LogP contribution is 2.12. The Morgan fingerprint density at radius 1 is 1.00 bits per heavy atom. The number of anilines is 1. The molecule has 8 nitrogen and oxygen atoms in total. The van der Waals surface area contributed by atoms with Crippen molar-refractivity contribution in [2.45, 2.75) is 20.8 Å². The van der Waals surface area contributed by atoms with E-state index in [1.807, 2.05) is 0 Å². The van der Waals surface area contributed by atoms with Crippen molar-refractivity contribution in [3.63, 3.8) is 0 Å². The van der Waals surface area contributed by atoms with E-state index < -0.39 is 5.91 Å². The van der Waals surface area contributed by atoms with Crippen LogP contribution in [0.25, 0.3) is 0 Å². The first-order chi connectivity index (χ1) is 13.3. The lowest BCUT2D eigenvalue weighted by atomic mass is 10.1. The minimum absolute atomic E-state index is 0.0535. The van der Waals surface area contributed by atoms with Crippen molar-refractivity contribution >= 4 is 29.4 Å². The predicted molar refractivity (Wildman–Crippen MR) is 104 cm³/mol. The second kappa shape index (κ2) is 9.68. The van der Waals surface area contributed by atoms with Gasteiger partial charge in [0.25, 0.3) is 0 Å². The Hall–Kier alpha value is -3.16. The number of piperazine rings is 1. The van der Waals surface area contributed by atoms with Crippen molar-refractivity contribution in [2.24, 2.45) is 0 Å². The number of ketones is 1. The summed E-state index contributed by atoms with van der Waals surface area (Å²) in [5, 5.41) is 2.67. The van der Waals surface area contributed by atoms with Crippen molar-refractivity contribution in [1.82, 2.24) is 9.80 Å². The lowest BCUT2D eigenvalue weighted by molar-refractivity contribution is -0.129. The molecule has 8 heteroatoms. The molecule has 1 fully saturated rings. The molecule has 0 unspecified atom stereocenters. The molecule has 0 aliphatic carbocycles. The summed E-state index contributed by atoms with van der Waals surface area (Å²) in [6.07, 6.45) is 0.871. The van der Waals surface area contributed by atoms with Crippen LogP contribution in [0.3, 0.4) is 0 Å². The molecule has 1 aromatic carbocycles. The van der Waals surface area contributed by atoms with Gasteiger partial charge >= 0.3 is 6.09 Å². The summed E-state index contributed by atoms with van der Waals surface area (Å²) in [5.41, 5.74) is 1.40. The maximum atomic E-state index is 12.5. The van der Waals surface area contributed by atoms with E-state index in [0.717, 1.165) is 0 Å². The summed E-state index contributed by atoms with van der Waals surface area (Å²) in [6.45, 7) is 6.67. The van der Waals surface area contributed by atoms with Crippen LogP contribution in [-0.4, -0.2) is 66.3 Å². The molecule has 0 saturated carbocycles. The molecule has 2 rings (SSSR count). The van der Waals surface area contributed by atoms with Gasteiger partial charge in [0.1, 0.15) is 0 Å². The summed E-state index contributed by atoms with van der Waals surface area (Å²) in [4.78, 5) is 50.8. The minimum Gasteiger partial charge on any atom is -0.450 e. The van der Waals surface area contributed by atoms with Crippen LogP contribution in [-0.2, 0) is 14.3 Å². The first-order valence-electron chi connectivity index (χ1n) is 9.13. The second-order valence-corrected chi connectivity index (χ2v) is 6.43. The van der Waals surface area contributed by atoms with Gasteiger partial charge in [0.2, 0.25) is 11.8 Å². The minimum atomic E-state index is -0.424. The van der Waals surface area contributed by atoms with Crippen LogP contribution in [0.2, 0.25) is 0 Å². The molecule has 150 valence electrons. The zero-order valence-corrected chi connectivity index (χ0v) is 16.4. The lowest BCUT2D eigenvalue weighted by Crippen LogP contribution is -2.51. The van der Waals surface area contributed by atoms with Gasteiger partial charge in [0.15, 0.2) is 5.78 Å². The van der Waals surface area contributed by atoms with Gasteiger partial charge in [0.05, 0.1) is 6.61 Å². The molecule has 0 spiro atoms. The van der Waals surface area contributed by atoms with Crippen molar-refractivity contribution in [3.8, 4) is 0 Å². The standard InChI is InChI=1S/C20H25N3O5/c1-4-28-20(27)23-11-9-22(10-12-23)19(26)14(2)13-18(25)21-17-7-5-16(6-8-17)15(3)24/h5-8,13H,4,9-12H2,1-3H3,(H,21,25)/b14-13-. The third kappa shape index (κ3) is 5.67. The number of benzene rings is 1. The van der Waals surface area contributed by atoms with Gasteiger partial charge in [0, 0.05) is 49.1 Å². The predicted octanol–water partition coefficient (Wildman–Crippen LogP) is 2.07. The van der Waals surface area contributed by atoms with Gasteiger partial charge in [-0.1, -0.05) is 0 Å². The third-order valence-electron chi connectivity index (χ3n) is 4.34. The molecule has 3 amide bonds. The Morgan fingerprint density at radius 3 is 2.11 bits per heavy atom. The van der Waals surface area contributed by atoms with Crippen LogP contribution in [0.1, 0.15) is 31.1 Å². The number of nitrogens with zero attached hydrogens (tertiary/aromatic N) is 2. The number of rotatable bonds is 5. The maximum absolute atomic E-state index is 12.5. The van der Waals surface area contributed by atoms with Crippen LogP contribution < -0.4 is 5.32 Å². The van der Waals surface area contributed by atoms with Gasteiger partial charge in [-0.3, -0.25) is 14.4 Å². The first-order valence-corrected chi connectivity index (χ1v) is 9.13. The Morgan fingerprint density at radius 2 is 1.57 bits per heavy atom. The fourth-order valence-electron chi connectivity index (χ4n) is 2.78. The van der Waals surface area contributed by atoms with E-state index in [9.17, 15) is 19.2 Å². The van der Waals surface area contributed by atoms with Gasteiger partial charge in [-0.2, -0.15) is 0 Å². The molecule has 1 aromatic rings. The smallest absolute Gasteiger partial charge is 0.409 e. The zero-order chi connectivity index (χ0) is 20.7. The molecule has 0 atom stereocenters. The quantitative estimate of drug-likeness (QED) is 0.616. The van der Waals surface area contributed by atoms with E-state index in [4.69, 9.17) is 4.74 Å². The number of Topliss-reactive ketones (excluding diaryl/α,β-unsaturated/α-hetero) is 1. The Labute approximate surface area is 164 Å². The molecule has 1 N–H and O–H groups in total. The van der Waals surface area contributed by atoms with Crippen molar-refractivity contribution in [3.05, 3.63) is 41.5 Å². The van der Waals surface area contributed by atoms with Crippen molar-refractivity contribution in [1.29, 1.82) is 0 Å². The number of hydrogen-bond acceptors (Lipinski definition) is 5. The van der Waals surface area contributed by atoms with Crippen LogP contribution in [0.4, 0.5) is 10.5 Å². The van der Waals surface area contributed by atoms with Gasteiger partial charge in [-0.05, 0) is 45.0 Å². The van der Waals surface area contributed by atoms with E-state index in [-0.39, 0.29) is 17.8 Å². The summed E-state index contributed by atoms with van der Waals surface area (Å²) < 4.78 is 4.95. The highest BCUT2D eigenvalue weighted by atomic mass is 16.6. The number of carbonyl (C=O) groups excluding carboxylic acids is 4. The van der Waals surface area contributed by atoms with Crippen LogP contribution in [0.15, 0.2) is 35.9 Å². The molecular formula is C20H25N3O5. The SMILES string of the molecule is CCOC(=O)N1CCN(C(=O)/C(C)=C\C(=O)Nc2ccc(C(C)=O)cc2)CC1. The van der Waals surface area contributed by atoms with E-state index in [2.05, 4.69) is 5.32 Å². The third-order valence-corrected chi connectivity index (χ3v) is 4.34. The fourth-order valence-corrected chi connectivity index (χ4v) is 2.78. The number of ether oxygens (including phenoxy) is 1. The number of amides is 3. The summed E-state index contributed by atoms with van der Waals surface area (Å²) in [7, 11) is 0. The topological polar surface area (TPSA) is 96.0 Å². The molecule has 0 radical (unpaired) electrons. The first kappa shape index (κ1) is 21.1. The molecule has 0 aromatic heterocycles. The highest BCUT2D eigenvalue weighted by Gasteiger charge is 2.25. The van der Waals surface area contributed by atoms with Crippen molar-refractivity contribution in [2.75, 3.05) is 38.1 Å². The molecule has 1 aliphatic rings. The molecule has 0 bridgehead atoms. The summed E-state index contributed by atoms with van der Waals surface area (Å²) >= 11 is 0. The second-order valence-electron chi connectivity index (χ2n) is 6.43. The maximum Gasteiger partial charge on any atom is 0.409 e. The molecule has 1 heterocycles. The molecule has 1 aliphatic heterocycles. The Kier molecular flexibility index (Phi) is 7.31. The monoisotopic (exact) mass is 387 g/mol. The van der Waals surface area contributed by atoms with E-state index >= 15 is 0 Å². The number of nitrogens with one attached hydrogen (secondary N) is 1. The van der Waals surface area contributed by atoms with Crippen LogP contribution in [0.5, 0.6) is 0 Å². The summed E-state index contributed by atoms with van der Waals surface area (Å²) in [5.74, 6) is -0.723. The molecular weight excluding hydrogens is 362 g/mol. The van der Waals surface area contributed by atoms with Gasteiger partial charge in [-0.15, -0.1) is 0 Å². The highest BCUT2D eigenvalue weighted by molar-refractivity contribution is 6.06. The molecule has 1 saturated heterocycles. The van der Waals surface area contributed by atoms with Crippen LogP contribution >= 0.6 is 0 Å². The normalized spacial score (nSPS) is 14.5. The van der Waals surface area contributed by atoms with Gasteiger partial charge < -0.3 is 19.9 Å². The van der Waals surface area contributed by atoms with E-state index in [1.54, 1.807) is 47.9 Å². The Bertz CT molecular complexity index is 778. The lowest BCUT2D eigenvalue weighted by Gasteiger charge is -2.34. The number of carbonyl (C=O) groups is 4. The number of hydrogen-bond donors (Lipinski definition) is 1. The largest absolute Gasteiger partial charge is 0.450 e.